The van der Waals surface area contributed by atoms with Crippen molar-refractivity contribution in [3.8, 4) is 23.0 Å². The van der Waals surface area contributed by atoms with Crippen LogP contribution < -0.4 is 9.64 Å². The minimum absolute atomic E-state index is 0.0204. The summed E-state index contributed by atoms with van der Waals surface area (Å²) in [6.45, 7) is 7.99. The second kappa shape index (κ2) is 12.2. The van der Waals surface area contributed by atoms with E-state index in [1.54, 1.807) is 18.3 Å². The van der Waals surface area contributed by atoms with Crippen LogP contribution in [0.15, 0.2) is 30.5 Å². The van der Waals surface area contributed by atoms with E-state index in [1.807, 2.05) is 18.7 Å². The number of hydrogen-bond donors (Lipinski definition) is 2. The zero-order chi connectivity index (χ0) is 35.1. The third-order valence-corrected chi connectivity index (χ3v) is 12.8. The van der Waals surface area contributed by atoms with Crippen LogP contribution in [0.5, 0.6) is 11.8 Å². The SMILES string of the molecule is CCc1c(F)ccc2cc(O)cc(-c3ncc4c(N5CCC[C@@](C)(O)C5)nc(OC[C@]56CCC[C@H]5N(C5CC7(COC7)C5)CCC6)nc4c3F)c12. The summed E-state index contributed by atoms with van der Waals surface area (Å²) in [7, 11) is 0. The molecule has 4 aromatic rings. The van der Waals surface area contributed by atoms with Gasteiger partial charge >= 0.3 is 6.01 Å². The number of halogens is 2. The number of β-amino-alcohol motifs (C(OH)–C–C–N with tert-alkyl or cyclic N) is 1. The molecular formula is C40H47F2N5O4. The normalized spacial score (nSPS) is 27.9. The molecule has 9 rings (SSSR count). The molecule has 2 N–H and O–H groups in total. The molecule has 3 aliphatic heterocycles. The summed E-state index contributed by atoms with van der Waals surface area (Å²) >= 11 is 0. The summed E-state index contributed by atoms with van der Waals surface area (Å²) in [6.07, 6.45) is 11.4. The predicted octanol–water partition coefficient (Wildman–Crippen LogP) is 6.93. The van der Waals surface area contributed by atoms with E-state index in [-0.39, 0.29) is 28.4 Å². The first-order valence-corrected chi connectivity index (χ1v) is 18.8. The van der Waals surface area contributed by atoms with E-state index in [2.05, 4.69) is 9.88 Å². The number of phenolic OH excluding ortho intramolecular Hbond substituents is 1. The number of hydrogen-bond acceptors (Lipinski definition) is 9. The van der Waals surface area contributed by atoms with Crippen LogP contribution in [0.3, 0.4) is 0 Å². The molecule has 3 atom stereocenters. The summed E-state index contributed by atoms with van der Waals surface area (Å²) in [5.41, 5.74) is 0.192. The Hall–Kier alpha value is -3.67. The Labute approximate surface area is 297 Å². The first kappa shape index (κ1) is 33.2. The van der Waals surface area contributed by atoms with Gasteiger partial charge in [0.25, 0.3) is 0 Å². The van der Waals surface area contributed by atoms with E-state index in [9.17, 15) is 10.2 Å². The van der Waals surface area contributed by atoms with E-state index in [4.69, 9.17) is 19.4 Å². The number of rotatable bonds is 7. The minimum atomic E-state index is -0.934. The zero-order valence-electron chi connectivity index (χ0n) is 29.6. The number of aromatic hydroxyl groups is 1. The number of likely N-dealkylation sites (tertiary alicyclic amines) is 1. The monoisotopic (exact) mass is 699 g/mol. The average molecular weight is 700 g/mol. The van der Waals surface area contributed by atoms with Crippen LogP contribution in [0.25, 0.3) is 32.9 Å². The van der Waals surface area contributed by atoms with Crippen molar-refractivity contribution in [3.63, 3.8) is 0 Å². The highest BCUT2D eigenvalue weighted by Crippen LogP contribution is 2.55. The Bertz CT molecular complexity index is 2010. The van der Waals surface area contributed by atoms with Crippen molar-refractivity contribution in [3.05, 3.63) is 47.7 Å². The largest absolute Gasteiger partial charge is 0.508 e. The number of anilines is 1. The molecule has 3 saturated heterocycles. The standard InChI is InChI=1S/C40H47F2N5O4/c1-3-27-30(41)9-8-24-15-26(48)16-28(32(24)27)34-33(42)35-29(19-43-34)36(46-13-5-10-38(2,49)20-46)45-37(44-35)51-23-40-11-4-7-31(40)47(14-6-12-40)25-17-39(18-25)21-50-22-39/h8-9,15-16,19,25,31,48-49H,3-7,10-14,17-18,20-23H2,1-2H3/t31-,38-,40-/m1/s1. The molecule has 9 nitrogen and oxygen atoms in total. The lowest BCUT2D eigenvalue weighted by Gasteiger charge is -2.60. The number of aryl methyl sites for hydroxylation is 1. The van der Waals surface area contributed by atoms with Gasteiger partial charge in [0.2, 0.25) is 0 Å². The highest BCUT2D eigenvalue weighted by molar-refractivity contribution is 6.01. The van der Waals surface area contributed by atoms with Crippen LogP contribution in [0.2, 0.25) is 0 Å². The van der Waals surface area contributed by atoms with Crippen molar-refractivity contribution in [2.75, 3.05) is 44.4 Å². The average Bonchev–Trinajstić information content (AvgIpc) is 3.51. The van der Waals surface area contributed by atoms with Gasteiger partial charge < -0.3 is 24.6 Å². The molecule has 0 amide bonds. The van der Waals surface area contributed by atoms with Crippen molar-refractivity contribution < 1.29 is 28.5 Å². The second-order valence-corrected chi connectivity index (χ2v) is 16.5. The highest BCUT2D eigenvalue weighted by Gasteiger charge is 2.56. The molecule has 0 unspecified atom stereocenters. The fourth-order valence-electron chi connectivity index (χ4n) is 10.3. The lowest BCUT2D eigenvalue weighted by molar-refractivity contribution is -0.196. The summed E-state index contributed by atoms with van der Waals surface area (Å²) in [5.74, 6) is -0.680. The van der Waals surface area contributed by atoms with Gasteiger partial charge in [-0.15, -0.1) is 0 Å². The number of pyridine rings is 1. The van der Waals surface area contributed by atoms with Gasteiger partial charge in [-0.2, -0.15) is 9.97 Å². The molecule has 2 saturated carbocycles. The van der Waals surface area contributed by atoms with Crippen LogP contribution in [-0.4, -0.2) is 87.2 Å². The molecule has 2 aliphatic carbocycles. The van der Waals surface area contributed by atoms with Crippen LogP contribution in [0.1, 0.15) is 77.2 Å². The molecule has 2 aromatic heterocycles. The van der Waals surface area contributed by atoms with Gasteiger partial charge in [-0.25, -0.2) is 8.78 Å². The molecular weight excluding hydrogens is 652 g/mol. The number of nitrogens with zero attached hydrogens (tertiary/aromatic N) is 5. The highest BCUT2D eigenvalue weighted by atomic mass is 19.1. The van der Waals surface area contributed by atoms with E-state index in [1.165, 1.54) is 25.0 Å². The number of benzene rings is 2. The van der Waals surface area contributed by atoms with Crippen LogP contribution in [0.4, 0.5) is 14.6 Å². The first-order valence-electron chi connectivity index (χ1n) is 18.8. The molecule has 5 heterocycles. The van der Waals surface area contributed by atoms with E-state index >= 15 is 8.78 Å². The molecule has 0 radical (unpaired) electrons. The van der Waals surface area contributed by atoms with Crippen molar-refractivity contribution in [2.24, 2.45) is 10.8 Å². The number of fused-ring (bicyclic) bond motifs is 3. The quantitative estimate of drug-likeness (QED) is 0.213. The topological polar surface area (TPSA) is 104 Å². The number of aromatic nitrogens is 3. The molecule has 5 fully saturated rings. The van der Waals surface area contributed by atoms with Gasteiger partial charge in [0.1, 0.15) is 28.6 Å². The van der Waals surface area contributed by atoms with Crippen molar-refractivity contribution in [1.29, 1.82) is 0 Å². The Balaban J connectivity index is 1.11. The van der Waals surface area contributed by atoms with Gasteiger partial charge in [0.15, 0.2) is 5.82 Å². The number of phenols is 1. The summed E-state index contributed by atoms with van der Waals surface area (Å²) in [5, 5.41) is 23.2. The van der Waals surface area contributed by atoms with Gasteiger partial charge in [-0.05, 0) is 106 Å². The number of piperidine rings is 2. The Morgan fingerprint density at radius 1 is 1.04 bits per heavy atom. The third kappa shape index (κ3) is 5.53. The molecule has 2 aromatic carbocycles. The molecule has 1 spiro atoms. The Morgan fingerprint density at radius 3 is 2.61 bits per heavy atom. The lowest BCUT2D eigenvalue weighted by Crippen LogP contribution is -2.64. The van der Waals surface area contributed by atoms with Gasteiger partial charge in [-0.3, -0.25) is 9.88 Å². The smallest absolute Gasteiger partial charge is 0.319 e. The van der Waals surface area contributed by atoms with Gasteiger partial charge in [-0.1, -0.05) is 19.4 Å². The summed E-state index contributed by atoms with van der Waals surface area (Å²) in [6, 6.07) is 7.10. The van der Waals surface area contributed by atoms with E-state index in [0.717, 1.165) is 58.3 Å². The fourth-order valence-corrected chi connectivity index (χ4v) is 10.3. The molecule has 11 heteroatoms. The van der Waals surface area contributed by atoms with Crippen LogP contribution >= 0.6 is 0 Å². The maximum Gasteiger partial charge on any atom is 0.319 e. The molecule has 0 bridgehead atoms. The zero-order valence-corrected chi connectivity index (χ0v) is 29.6. The van der Waals surface area contributed by atoms with Crippen molar-refractivity contribution in [2.45, 2.75) is 95.7 Å². The molecule has 270 valence electrons. The minimum Gasteiger partial charge on any atom is -0.508 e. The van der Waals surface area contributed by atoms with Gasteiger partial charge in [0, 0.05) is 47.8 Å². The maximum atomic E-state index is 17.1. The Morgan fingerprint density at radius 2 is 1.84 bits per heavy atom. The third-order valence-electron chi connectivity index (χ3n) is 12.8. The number of aliphatic hydroxyl groups is 1. The lowest BCUT2D eigenvalue weighted by atomic mass is 9.62. The summed E-state index contributed by atoms with van der Waals surface area (Å²) < 4.78 is 44.3. The van der Waals surface area contributed by atoms with E-state index in [0.29, 0.717) is 83.1 Å². The first-order chi connectivity index (χ1) is 24.6. The Kier molecular flexibility index (Phi) is 7.94. The van der Waals surface area contributed by atoms with Crippen molar-refractivity contribution >= 4 is 27.5 Å². The van der Waals surface area contributed by atoms with E-state index < -0.39 is 17.2 Å². The second-order valence-electron chi connectivity index (χ2n) is 16.5. The fraction of sp³-hybridized carbons (Fsp3) is 0.575. The van der Waals surface area contributed by atoms with Gasteiger partial charge in [0.05, 0.1) is 30.8 Å². The predicted molar refractivity (Wildman–Crippen MR) is 191 cm³/mol. The maximum absolute atomic E-state index is 17.1. The van der Waals surface area contributed by atoms with Crippen LogP contribution in [0, 0.1) is 22.5 Å². The van der Waals surface area contributed by atoms with Crippen molar-refractivity contribution in [1.82, 2.24) is 19.9 Å². The number of ether oxygens (including phenoxy) is 2. The molecule has 51 heavy (non-hydrogen) atoms. The van der Waals surface area contributed by atoms with Crippen LogP contribution in [-0.2, 0) is 11.2 Å². The summed E-state index contributed by atoms with van der Waals surface area (Å²) in [4.78, 5) is 19.0. The molecule has 5 aliphatic rings.